The average Bonchev–Trinajstić information content (AvgIpc) is 2.61. The van der Waals surface area contributed by atoms with Crippen molar-refractivity contribution in [3.05, 3.63) is 108 Å². The molecular formula is C21H18N+. The van der Waals surface area contributed by atoms with Crippen LogP contribution in [0.4, 0.5) is 0 Å². The van der Waals surface area contributed by atoms with Gasteiger partial charge in [-0.25, -0.2) is 0 Å². The van der Waals surface area contributed by atoms with E-state index in [1.807, 2.05) is 53.4 Å². The molecule has 3 aromatic rings. The molecule has 0 saturated heterocycles. The van der Waals surface area contributed by atoms with Gasteiger partial charge in [0, 0.05) is 17.7 Å². The van der Waals surface area contributed by atoms with Gasteiger partial charge in [-0.2, -0.15) is 4.57 Å². The van der Waals surface area contributed by atoms with Crippen LogP contribution in [-0.4, -0.2) is 0 Å². The van der Waals surface area contributed by atoms with Crippen molar-refractivity contribution in [2.24, 2.45) is 0 Å². The molecule has 1 heteroatoms. The summed E-state index contributed by atoms with van der Waals surface area (Å²) in [4.78, 5) is 0. The molecule has 2 aromatic carbocycles. The monoisotopic (exact) mass is 284 g/mol. The molecule has 0 N–H and O–H groups in total. The van der Waals surface area contributed by atoms with Crippen molar-refractivity contribution in [2.45, 2.75) is 0 Å². The summed E-state index contributed by atoms with van der Waals surface area (Å²) in [6.45, 7) is 4.16. The van der Waals surface area contributed by atoms with Gasteiger partial charge in [-0.3, -0.25) is 0 Å². The Hall–Kier alpha value is -2.93. The number of benzene rings is 2. The first-order valence-corrected chi connectivity index (χ1v) is 7.32. The van der Waals surface area contributed by atoms with Gasteiger partial charge >= 0.3 is 0 Å². The molecule has 0 radical (unpaired) electrons. The average molecular weight is 284 g/mol. The number of nitrogens with zero attached hydrogens (tertiary/aromatic N) is 1. The molecule has 1 heterocycles. The van der Waals surface area contributed by atoms with Gasteiger partial charge in [0.25, 0.3) is 0 Å². The molecule has 0 aliphatic rings. The Morgan fingerprint density at radius 3 is 1.77 bits per heavy atom. The topological polar surface area (TPSA) is 3.88 Å². The Kier molecular flexibility index (Phi) is 4.26. The molecule has 0 saturated carbocycles. The zero-order chi connectivity index (χ0) is 15.2. The van der Waals surface area contributed by atoms with Gasteiger partial charge in [0.05, 0.1) is 0 Å². The predicted octanol–water partition coefficient (Wildman–Crippen LogP) is 4.66. The minimum Gasteiger partial charge on any atom is -0.167 e. The molecule has 0 amide bonds. The van der Waals surface area contributed by atoms with E-state index >= 15 is 0 Å². The summed E-state index contributed by atoms with van der Waals surface area (Å²) in [6, 6.07) is 24.7. The molecule has 22 heavy (non-hydrogen) atoms. The quantitative estimate of drug-likeness (QED) is 0.613. The third-order valence-electron chi connectivity index (χ3n) is 3.54. The van der Waals surface area contributed by atoms with Crippen LogP contribution in [0.5, 0.6) is 0 Å². The van der Waals surface area contributed by atoms with Gasteiger partial charge in [0.15, 0.2) is 12.4 Å². The summed E-state index contributed by atoms with van der Waals surface area (Å²) in [6.07, 6.45) is 8.32. The van der Waals surface area contributed by atoms with E-state index in [4.69, 9.17) is 0 Å². The summed E-state index contributed by atoms with van der Waals surface area (Å²) in [5.41, 5.74) is 4.47. The number of hydrogen-bond acceptors (Lipinski definition) is 0. The fourth-order valence-corrected chi connectivity index (χ4v) is 2.27. The third kappa shape index (κ3) is 3.39. The van der Waals surface area contributed by atoms with Crippen LogP contribution in [-0.2, 0) is 0 Å². The predicted molar refractivity (Wildman–Crippen MR) is 92.9 cm³/mol. The summed E-state index contributed by atoms with van der Waals surface area (Å²) in [5.74, 6) is 0. The molecule has 0 bridgehead atoms. The molecule has 1 nitrogen and oxygen atoms in total. The van der Waals surface area contributed by atoms with E-state index in [9.17, 15) is 0 Å². The van der Waals surface area contributed by atoms with E-state index in [1.54, 1.807) is 0 Å². The third-order valence-corrected chi connectivity index (χ3v) is 3.54. The van der Waals surface area contributed by atoms with Crippen molar-refractivity contribution in [3.63, 3.8) is 0 Å². The molecule has 0 spiro atoms. The lowest BCUT2D eigenvalue weighted by Gasteiger charge is -2.00. The molecule has 0 aliphatic heterocycles. The van der Waals surface area contributed by atoms with E-state index in [1.165, 1.54) is 11.1 Å². The molecule has 106 valence electrons. The van der Waals surface area contributed by atoms with E-state index in [0.29, 0.717) is 0 Å². The van der Waals surface area contributed by atoms with Crippen LogP contribution < -0.4 is 4.57 Å². The van der Waals surface area contributed by atoms with Crippen molar-refractivity contribution in [1.82, 2.24) is 0 Å². The number of pyridine rings is 1. The fourth-order valence-electron chi connectivity index (χ4n) is 2.27. The van der Waals surface area contributed by atoms with E-state index in [0.717, 1.165) is 11.3 Å². The summed E-state index contributed by atoms with van der Waals surface area (Å²) >= 11 is 0. The van der Waals surface area contributed by atoms with Gasteiger partial charge in [-0.1, -0.05) is 60.7 Å². The van der Waals surface area contributed by atoms with Crippen molar-refractivity contribution in [1.29, 1.82) is 0 Å². The van der Waals surface area contributed by atoms with Crippen LogP contribution in [0.2, 0.25) is 0 Å². The van der Waals surface area contributed by atoms with Gasteiger partial charge in [-0.05, 0) is 29.8 Å². The lowest BCUT2D eigenvalue weighted by atomic mass is 10.1. The summed E-state index contributed by atoms with van der Waals surface area (Å²) in [5, 5.41) is 0. The number of hydrogen-bond donors (Lipinski definition) is 0. The van der Waals surface area contributed by atoms with E-state index < -0.39 is 0 Å². The van der Waals surface area contributed by atoms with Gasteiger partial charge < -0.3 is 0 Å². The first kappa shape index (κ1) is 14.0. The number of rotatable bonds is 4. The summed E-state index contributed by atoms with van der Waals surface area (Å²) in [7, 11) is 0. The molecular weight excluding hydrogens is 266 g/mol. The first-order valence-electron chi connectivity index (χ1n) is 7.32. The second-order valence-corrected chi connectivity index (χ2v) is 5.10. The highest BCUT2D eigenvalue weighted by atomic mass is 14.9. The number of aromatic nitrogens is 1. The smallest absolute Gasteiger partial charge is 0.167 e. The molecule has 0 atom stereocenters. The van der Waals surface area contributed by atoms with Crippen molar-refractivity contribution >= 4 is 17.8 Å². The maximum absolute atomic E-state index is 4.16. The standard InChI is InChI=1S/C21H18N/c1-18(21-10-6-3-7-11-21)22-16-14-20(15-17-22)13-12-19-8-4-2-5-9-19/h2-17H,1H2/q+1/b13-12+. The van der Waals surface area contributed by atoms with Crippen LogP contribution in [0.3, 0.4) is 0 Å². The first-order chi connectivity index (χ1) is 10.8. The van der Waals surface area contributed by atoms with Crippen molar-refractivity contribution in [3.8, 4) is 0 Å². The Balaban J connectivity index is 1.76. The maximum atomic E-state index is 4.16. The molecule has 0 aliphatic carbocycles. The molecule has 0 fully saturated rings. The Morgan fingerprint density at radius 2 is 1.18 bits per heavy atom. The maximum Gasteiger partial charge on any atom is 0.210 e. The van der Waals surface area contributed by atoms with Gasteiger partial charge in [-0.15, -0.1) is 0 Å². The minimum atomic E-state index is 0.971. The minimum absolute atomic E-state index is 0.971. The summed E-state index contributed by atoms with van der Waals surface area (Å²) < 4.78 is 2.04. The highest BCUT2D eigenvalue weighted by Crippen LogP contribution is 2.10. The molecule has 0 unspecified atom stereocenters. The fraction of sp³-hybridized carbons (Fsp3) is 0. The Labute approximate surface area is 131 Å². The van der Waals surface area contributed by atoms with Gasteiger partial charge in [0.1, 0.15) is 0 Å². The van der Waals surface area contributed by atoms with Crippen LogP contribution >= 0.6 is 0 Å². The Bertz CT molecular complexity index is 769. The molecule has 1 aromatic heterocycles. The second-order valence-electron chi connectivity index (χ2n) is 5.10. The zero-order valence-electron chi connectivity index (χ0n) is 12.4. The van der Waals surface area contributed by atoms with Crippen molar-refractivity contribution in [2.75, 3.05) is 0 Å². The van der Waals surface area contributed by atoms with Crippen molar-refractivity contribution < 1.29 is 4.57 Å². The lowest BCUT2D eigenvalue weighted by Crippen LogP contribution is -2.31. The van der Waals surface area contributed by atoms with Crippen LogP contribution in [0.25, 0.3) is 17.8 Å². The van der Waals surface area contributed by atoms with Crippen LogP contribution in [0, 0.1) is 0 Å². The lowest BCUT2D eigenvalue weighted by molar-refractivity contribution is -0.578. The molecule has 3 rings (SSSR count). The van der Waals surface area contributed by atoms with E-state index in [2.05, 4.69) is 55.1 Å². The van der Waals surface area contributed by atoms with Crippen LogP contribution in [0.15, 0.2) is 91.8 Å². The zero-order valence-corrected chi connectivity index (χ0v) is 12.4. The Morgan fingerprint density at radius 1 is 0.682 bits per heavy atom. The SMILES string of the molecule is C=C(c1ccccc1)[n+]1ccc(/C=C/c2ccccc2)cc1. The highest BCUT2D eigenvalue weighted by Gasteiger charge is 2.08. The largest absolute Gasteiger partial charge is 0.210 e. The second kappa shape index (κ2) is 6.68. The van der Waals surface area contributed by atoms with E-state index in [-0.39, 0.29) is 0 Å². The highest BCUT2D eigenvalue weighted by molar-refractivity contribution is 5.69. The van der Waals surface area contributed by atoms with Gasteiger partial charge in [0.2, 0.25) is 5.70 Å². The normalized spacial score (nSPS) is 10.7. The van der Waals surface area contributed by atoms with Crippen LogP contribution in [0.1, 0.15) is 16.7 Å².